The summed E-state index contributed by atoms with van der Waals surface area (Å²) in [6.07, 6.45) is -2.31. The van der Waals surface area contributed by atoms with Crippen molar-refractivity contribution in [2.45, 2.75) is 26.1 Å². The van der Waals surface area contributed by atoms with E-state index < -0.39 is 18.1 Å². The third kappa shape index (κ3) is 2.80. The third-order valence-electron chi connectivity index (χ3n) is 1.08. The molecule has 3 N–H and O–H groups in total. The average molecular weight is 147 g/mol. The largest absolute Gasteiger partial charge is 0.390 e. The first-order chi connectivity index (χ1) is 4.59. The van der Waals surface area contributed by atoms with E-state index in [1.54, 1.807) is 6.92 Å². The van der Waals surface area contributed by atoms with Crippen molar-refractivity contribution in [3.63, 3.8) is 0 Å². The maximum atomic E-state index is 10.7. The molecule has 0 rings (SSSR count). The zero-order valence-corrected chi connectivity index (χ0v) is 6.16. The highest BCUT2D eigenvalue weighted by Crippen LogP contribution is 1.90. The summed E-state index contributed by atoms with van der Waals surface area (Å²) in [5.74, 6) is -0.530. The summed E-state index contributed by atoms with van der Waals surface area (Å²) < 4.78 is 0. The zero-order valence-electron chi connectivity index (χ0n) is 6.16. The van der Waals surface area contributed by atoms with Crippen LogP contribution in [-0.2, 0) is 4.79 Å². The number of hydrogen-bond donors (Lipinski definition) is 3. The molecule has 4 nitrogen and oxygen atoms in total. The highest BCUT2D eigenvalue weighted by molar-refractivity contribution is 5.80. The zero-order chi connectivity index (χ0) is 8.15. The van der Waals surface area contributed by atoms with Gasteiger partial charge in [-0.1, -0.05) is 0 Å². The van der Waals surface area contributed by atoms with Crippen molar-refractivity contribution in [3.8, 4) is 0 Å². The van der Waals surface area contributed by atoms with E-state index in [-0.39, 0.29) is 0 Å². The van der Waals surface area contributed by atoms with Gasteiger partial charge in [0.15, 0.2) is 6.10 Å². The molecule has 0 saturated heterocycles. The molecule has 0 aliphatic carbocycles. The molecule has 2 unspecified atom stereocenters. The van der Waals surface area contributed by atoms with Crippen LogP contribution in [0.15, 0.2) is 0 Å². The Kier molecular flexibility index (Phi) is 3.99. The van der Waals surface area contributed by atoms with Crippen LogP contribution >= 0.6 is 0 Å². The second-order valence-corrected chi connectivity index (χ2v) is 2.08. The van der Waals surface area contributed by atoms with Crippen LogP contribution in [0.25, 0.3) is 0 Å². The maximum Gasteiger partial charge on any atom is 0.251 e. The molecular weight excluding hydrogens is 134 g/mol. The van der Waals surface area contributed by atoms with E-state index in [4.69, 9.17) is 10.2 Å². The van der Waals surface area contributed by atoms with E-state index in [1.165, 1.54) is 6.92 Å². The summed E-state index contributed by atoms with van der Waals surface area (Å²) in [6, 6.07) is 0. The highest BCUT2D eigenvalue weighted by atomic mass is 16.3. The van der Waals surface area contributed by atoms with E-state index in [0.29, 0.717) is 6.54 Å². The van der Waals surface area contributed by atoms with E-state index >= 15 is 0 Å². The van der Waals surface area contributed by atoms with Crippen LogP contribution in [0.5, 0.6) is 0 Å². The van der Waals surface area contributed by atoms with Crippen LogP contribution in [-0.4, -0.2) is 34.9 Å². The minimum atomic E-state index is -1.31. The van der Waals surface area contributed by atoms with E-state index in [2.05, 4.69) is 5.32 Å². The lowest BCUT2D eigenvalue weighted by molar-refractivity contribution is -0.134. The van der Waals surface area contributed by atoms with Crippen molar-refractivity contribution in [1.82, 2.24) is 5.32 Å². The second-order valence-electron chi connectivity index (χ2n) is 2.08. The fourth-order valence-corrected chi connectivity index (χ4v) is 0.498. The summed E-state index contributed by atoms with van der Waals surface area (Å²) in [7, 11) is 0. The summed E-state index contributed by atoms with van der Waals surface area (Å²) in [5.41, 5.74) is 0. The predicted molar refractivity (Wildman–Crippen MR) is 36.4 cm³/mol. The van der Waals surface area contributed by atoms with Crippen molar-refractivity contribution in [1.29, 1.82) is 0 Å². The van der Waals surface area contributed by atoms with Gasteiger partial charge in [-0.15, -0.1) is 0 Å². The molecule has 0 spiro atoms. The van der Waals surface area contributed by atoms with Crippen molar-refractivity contribution in [3.05, 3.63) is 0 Å². The monoisotopic (exact) mass is 147 g/mol. The molecule has 0 aliphatic rings. The molecule has 2 atom stereocenters. The number of carbonyl (C=O) groups excluding carboxylic acids is 1. The van der Waals surface area contributed by atoms with E-state index in [9.17, 15) is 4.79 Å². The molecule has 4 heteroatoms. The van der Waals surface area contributed by atoms with Gasteiger partial charge in [0.1, 0.15) is 0 Å². The quantitative estimate of drug-likeness (QED) is 0.473. The number of amides is 1. The number of carbonyl (C=O) groups is 1. The Morgan fingerprint density at radius 2 is 2.10 bits per heavy atom. The fourth-order valence-electron chi connectivity index (χ4n) is 0.498. The van der Waals surface area contributed by atoms with Crippen LogP contribution < -0.4 is 5.32 Å². The molecule has 0 bridgehead atoms. The number of rotatable bonds is 3. The Labute approximate surface area is 59.9 Å². The number of likely N-dealkylation sites (N-methyl/N-ethyl adjacent to an activating group) is 1. The molecule has 0 radical (unpaired) electrons. The number of nitrogens with one attached hydrogen (secondary N) is 1. The summed E-state index contributed by atoms with van der Waals surface area (Å²) in [5, 5.41) is 19.9. The van der Waals surface area contributed by atoms with Gasteiger partial charge in [-0.25, -0.2) is 0 Å². The normalized spacial score (nSPS) is 16.0. The Morgan fingerprint density at radius 1 is 1.60 bits per heavy atom. The molecule has 0 saturated carbocycles. The van der Waals surface area contributed by atoms with Crippen molar-refractivity contribution >= 4 is 5.91 Å². The minimum absolute atomic E-state index is 0.461. The van der Waals surface area contributed by atoms with Gasteiger partial charge >= 0.3 is 0 Å². The Hall–Kier alpha value is -0.610. The topological polar surface area (TPSA) is 69.6 Å². The molecule has 0 aromatic rings. The molecule has 0 aromatic heterocycles. The molecule has 0 fully saturated rings. The van der Waals surface area contributed by atoms with Crippen LogP contribution in [0, 0.1) is 0 Å². The van der Waals surface area contributed by atoms with Gasteiger partial charge in [0, 0.05) is 6.54 Å². The molecule has 10 heavy (non-hydrogen) atoms. The predicted octanol–water partition coefficient (Wildman–Crippen LogP) is -1.14. The molecule has 0 aliphatic heterocycles. The van der Waals surface area contributed by atoms with Crippen LogP contribution in [0.4, 0.5) is 0 Å². The number of aliphatic hydroxyl groups is 2. The molecule has 0 heterocycles. The Balaban J connectivity index is 3.71. The van der Waals surface area contributed by atoms with Gasteiger partial charge in [0.05, 0.1) is 6.10 Å². The lowest BCUT2D eigenvalue weighted by atomic mass is 10.2. The Morgan fingerprint density at radius 3 is 2.40 bits per heavy atom. The van der Waals surface area contributed by atoms with Crippen LogP contribution in [0.1, 0.15) is 13.8 Å². The van der Waals surface area contributed by atoms with E-state index in [1.807, 2.05) is 0 Å². The fraction of sp³-hybridized carbons (Fsp3) is 0.833. The number of hydrogen-bond acceptors (Lipinski definition) is 3. The minimum Gasteiger partial charge on any atom is -0.390 e. The molecule has 0 aromatic carbocycles. The molecular formula is C6H13NO3. The summed E-state index contributed by atoms with van der Waals surface area (Å²) in [6.45, 7) is 3.56. The SMILES string of the molecule is CCNC(=O)C(O)C(C)O. The first kappa shape index (κ1) is 9.39. The van der Waals surface area contributed by atoms with Gasteiger partial charge in [-0.2, -0.15) is 0 Å². The van der Waals surface area contributed by atoms with Crippen LogP contribution in [0.3, 0.4) is 0 Å². The van der Waals surface area contributed by atoms with Gasteiger partial charge < -0.3 is 15.5 Å². The highest BCUT2D eigenvalue weighted by Gasteiger charge is 2.18. The van der Waals surface area contributed by atoms with Gasteiger partial charge in [-0.05, 0) is 13.8 Å². The lowest BCUT2D eigenvalue weighted by Gasteiger charge is -2.11. The smallest absolute Gasteiger partial charge is 0.251 e. The van der Waals surface area contributed by atoms with Crippen molar-refractivity contribution in [2.24, 2.45) is 0 Å². The first-order valence-corrected chi connectivity index (χ1v) is 3.23. The molecule has 60 valence electrons. The molecule has 1 amide bonds. The maximum absolute atomic E-state index is 10.7. The third-order valence-corrected chi connectivity index (χ3v) is 1.08. The van der Waals surface area contributed by atoms with Crippen molar-refractivity contribution in [2.75, 3.05) is 6.54 Å². The summed E-state index contributed by atoms with van der Waals surface area (Å²) in [4.78, 5) is 10.7. The van der Waals surface area contributed by atoms with Crippen molar-refractivity contribution < 1.29 is 15.0 Å². The van der Waals surface area contributed by atoms with Crippen LogP contribution in [0.2, 0.25) is 0 Å². The van der Waals surface area contributed by atoms with E-state index in [0.717, 1.165) is 0 Å². The number of aliphatic hydroxyl groups excluding tert-OH is 2. The summed E-state index contributed by atoms with van der Waals surface area (Å²) >= 11 is 0. The van der Waals surface area contributed by atoms with Gasteiger partial charge in [0.25, 0.3) is 5.91 Å². The standard InChI is InChI=1S/C6H13NO3/c1-3-7-6(10)5(9)4(2)8/h4-5,8-9H,3H2,1-2H3,(H,7,10). The van der Waals surface area contributed by atoms with Gasteiger partial charge in [-0.3, -0.25) is 4.79 Å². The second kappa shape index (κ2) is 4.24. The Bertz CT molecular complexity index is 114. The average Bonchev–Trinajstić information content (AvgIpc) is 1.87. The van der Waals surface area contributed by atoms with Gasteiger partial charge in [0.2, 0.25) is 0 Å². The first-order valence-electron chi connectivity index (χ1n) is 3.23. The lowest BCUT2D eigenvalue weighted by Crippen LogP contribution is -2.40.